The molecule has 0 aliphatic heterocycles. The molecular weight excluding hydrogens is 336 g/mol. The summed E-state index contributed by atoms with van der Waals surface area (Å²) in [6.07, 6.45) is 0. The molecule has 2 heterocycles. The van der Waals surface area contributed by atoms with Crippen molar-refractivity contribution in [1.82, 2.24) is 14.8 Å². The molecule has 2 aromatic heterocycles. The number of nitrogens with zero attached hydrogens (tertiary/aromatic N) is 4. The van der Waals surface area contributed by atoms with Crippen LogP contribution in [0, 0.1) is 11.3 Å². The summed E-state index contributed by atoms with van der Waals surface area (Å²) in [5, 5.41) is 25.7. The first kappa shape index (κ1) is 15.1. The Morgan fingerprint density at radius 1 is 1.20 bits per heavy atom. The monoisotopic (exact) mass is 346 g/mol. The van der Waals surface area contributed by atoms with Gasteiger partial charge in [0.1, 0.15) is 5.69 Å². The molecule has 0 amide bonds. The van der Waals surface area contributed by atoms with Crippen LogP contribution < -0.4 is 0 Å². The molecule has 0 saturated heterocycles. The lowest BCUT2D eigenvalue weighted by Crippen LogP contribution is -2.00. The van der Waals surface area contributed by atoms with Gasteiger partial charge in [-0.1, -0.05) is 30.3 Å². The first-order valence-electron chi connectivity index (χ1n) is 7.35. The van der Waals surface area contributed by atoms with E-state index >= 15 is 0 Å². The van der Waals surface area contributed by atoms with Crippen molar-refractivity contribution in [2.24, 2.45) is 0 Å². The Morgan fingerprint density at radius 2 is 2.00 bits per heavy atom. The molecule has 0 saturated carbocycles. The highest BCUT2D eigenvalue weighted by Gasteiger charge is 2.17. The van der Waals surface area contributed by atoms with Gasteiger partial charge in [-0.25, -0.2) is 14.5 Å². The second-order valence-corrected chi connectivity index (χ2v) is 6.13. The van der Waals surface area contributed by atoms with E-state index in [0.29, 0.717) is 16.2 Å². The molecule has 2 aromatic carbocycles. The largest absolute Gasteiger partial charge is 0.476 e. The van der Waals surface area contributed by atoms with Crippen LogP contribution in [0.15, 0.2) is 53.9 Å². The second-order valence-electron chi connectivity index (χ2n) is 5.29. The maximum atomic E-state index is 11.1. The lowest BCUT2D eigenvalue weighted by atomic mass is 10.1. The predicted octanol–water partition coefficient (Wildman–Crippen LogP) is 3.72. The number of carboxylic acid groups (broad SMARTS) is 1. The van der Waals surface area contributed by atoms with Gasteiger partial charge in [0.05, 0.1) is 17.1 Å². The van der Waals surface area contributed by atoms with Crippen molar-refractivity contribution in [2.45, 2.75) is 0 Å². The van der Waals surface area contributed by atoms with E-state index in [0.717, 1.165) is 16.6 Å². The van der Waals surface area contributed by atoms with E-state index in [4.69, 9.17) is 5.11 Å². The van der Waals surface area contributed by atoms with Gasteiger partial charge in [-0.2, -0.15) is 10.4 Å². The van der Waals surface area contributed by atoms with E-state index in [9.17, 15) is 10.1 Å². The number of hydrogen-bond acceptors (Lipinski definition) is 5. The van der Waals surface area contributed by atoms with E-state index in [1.165, 1.54) is 16.7 Å². The number of hydrogen-bond donors (Lipinski definition) is 1. The maximum absolute atomic E-state index is 11.1. The fraction of sp³-hybridized carbons (Fsp3) is 0. The summed E-state index contributed by atoms with van der Waals surface area (Å²) in [5.74, 6) is -1.08. The summed E-state index contributed by atoms with van der Waals surface area (Å²) in [4.78, 5) is 15.2. The molecule has 0 aliphatic rings. The molecule has 6 nitrogen and oxygen atoms in total. The summed E-state index contributed by atoms with van der Waals surface area (Å²) in [5.41, 5.74) is 2.88. The summed E-state index contributed by atoms with van der Waals surface area (Å²) in [6, 6.07) is 17.1. The number of aromatic carboxylic acids is 1. The van der Waals surface area contributed by atoms with Crippen molar-refractivity contribution < 1.29 is 9.90 Å². The Morgan fingerprint density at radius 3 is 2.68 bits per heavy atom. The van der Waals surface area contributed by atoms with Crippen LogP contribution in [0.2, 0.25) is 0 Å². The lowest BCUT2D eigenvalue weighted by Gasteiger charge is -1.98. The first-order chi connectivity index (χ1) is 12.2. The van der Waals surface area contributed by atoms with Crippen molar-refractivity contribution in [1.29, 1.82) is 5.26 Å². The van der Waals surface area contributed by atoms with Gasteiger partial charge in [-0.3, -0.25) is 0 Å². The van der Waals surface area contributed by atoms with Crippen LogP contribution >= 0.6 is 11.3 Å². The van der Waals surface area contributed by atoms with Gasteiger partial charge in [0.15, 0.2) is 5.69 Å². The fourth-order valence-corrected chi connectivity index (χ4v) is 3.36. The van der Waals surface area contributed by atoms with Crippen molar-refractivity contribution >= 4 is 28.2 Å². The molecule has 120 valence electrons. The number of carbonyl (C=O) groups is 1. The molecule has 0 spiro atoms. The van der Waals surface area contributed by atoms with Crippen molar-refractivity contribution in [3.63, 3.8) is 0 Å². The summed E-state index contributed by atoms with van der Waals surface area (Å²) >= 11 is 1.19. The van der Waals surface area contributed by atoms with Crippen LogP contribution in [0.5, 0.6) is 0 Å². The van der Waals surface area contributed by atoms with Gasteiger partial charge in [-0.15, -0.1) is 11.3 Å². The molecule has 0 aliphatic carbocycles. The normalized spacial score (nSPS) is 10.7. The predicted molar refractivity (Wildman–Crippen MR) is 93.9 cm³/mol. The second kappa shape index (κ2) is 5.85. The highest BCUT2D eigenvalue weighted by Crippen LogP contribution is 2.31. The molecule has 7 heteroatoms. The third-order valence-electron chi connectivity index (χ3n) is 3.75. The zero-order valence-corrected chi connectivity index (χ0v) is 13.6. The minimum atomic E-state index is -1.08. The molecule has 0 fully saturated rings. The van der Waals surface area contributed by atoms with Crippen molar-refractivity contribution in [2.75, 3.05) is 0 Å². The number of aromatic nitrogens is 3. The maximum Gasteiger partial charge on any atom is 0.355 e. The topological polar surface area (TPSA) is 91.8 Å². The van der Waals surface area contributed by atoms with Crippen LogP contribution in [-0.4, -0.2) is 25.8 Å². The fourth-order valence-electron chi connectivity index (χ4n) is 2.60. The molecule has 4 rings (SSSR count). The van der Waals surface area contributed by atoms with Gasteiger partial charge >= 0.3 is 5.97 Å². The Kier molecular flexibility index (Phi) is 3.52. The molecule has 0 radical (unpaired) electrons. The number of benzene rings is 2. The van der Waals surface area contributed by atoms with Crippen molar-refractivity contribution in [3.8, 4) is 22.5 Å². The van der Waals surface area contributed by atoms with Gasteiger partial charge < -0.3 is 5.11 Å². The minimum Gasteiger partial charge on any atom is -0.476 e. The van der Waals surface area contributed by atoms with Gasteiger partial charge in [0.25, 0.3) is 0 Å². The molecule has 1 N–H and O–H groups in total. The Hall–Kier alpha value is -3.50. The number of rotatable bonds is 3. The third kappa shape index (κ3) is 2.55. The summed E-state index contributed by atoms with van der Waals surface area (Å²) < 4.78 is 1.59. The lowest BCUT2D eigenvalue weighted by molar-refractivity contribution is 0.0691. The molecule has 4 aromatic rings. The summed E-state index contributed by atoms with van der Waals surface area (Å²) in [7, 11) is 0. The molecule has 25 heavy (non-hydrogen) atoms. The van der Waals surface area contributed by atoms with Crippen LogP contribution in [0.25, 0.3) is 27.3 Å². The zero-order valence-electron chi connectivity index (χ0n) is 12.7. The molecule has 0 atom stereocenters. The number of fused-ring (bicyclic) bond motifs is 1. The summed E-state index contributed by atoms with van der Waals surface area (Å²) in [6.45, 7) is 0. The number of nitriles is 1. The number of carboxylic acids is 1. The average molecular weight is 346 g/mol. The van der Waals surface area contributed by atoms with E-state index < -0.39 is 5.97 Å². The van der Waals surface area contributed by atoms with Gasteiger partial charge in [0, 0.05) is 16.3 Å². The smallest absolute Gasteiger partial charge is 0.355 e. The van der Waals surface area contributed by atoms with E-state index in [2.05, 4.69) is 16.2 Å². The Bertz CT molecular complexity index is 1140. The molecule has 0 unspecified atom stereocenters. The van der Waals surface area contributed by atoms with Crippen LogP contribution in [-0.2, 0) is 0 Å². The average Bonchev–Trinajstić information content (AvgIpc) is 3.26. The Labute approximate surface area is 146 Å². The zero-order chi connectivity index (χ0) is 17.4. The third-order valence-corrected chi connectivity index (χ3v) is 4.57. The quantitative estimate of drug-likeness (QED) is 0.610. The SMILES string of the molecule is N#Cc1ccc2c(-c3ccccc3)nn(-c3nc(C(=O)O)cs3)c2c1. The molecule has 0 bridgehead atoms. The van der Waals surface area contributed by atoms with Crippen molar-refractivity contribution in [3.05, 3.63) is 65.2 Å². The van der Waals surface area contributed by atoms with Crippen LogP contribution in [0.3, 0.4) is 0 Å². The highest BCUT2D eigenvalue weighted by molar-refractivity contribution is 7.12. The van der Waals surface area contributed by atoms with E-state index in [1.807, 2.05) is 36.4 Å². The van der Waals surface area contributed by atoms with E-state index in [-0.39, 0.29) is 5.69 Å². The molecular formula is C18H10N4O2S. The van der Waals surface area contributed by atoms with Crippen LogP contribution in [0.1, 0.15) is 16.1 Å². The number of thiazole rings is 1. The Balaban J connectivity index is 2.00. The van der Waals surface area contributed by atoms with Gasteiger partial charge in [-0.05, 0) is 18.2 Å². The van der Waals surface area contributed by atoms with Crippen LogP contribution in [0.4, 0.5) is 0 Å². The first-order valence-corrected chi connectivity index (χ1v) is 8.23. The minimum absolute atomic E-state index is 0.0265. The van der Waals surface area contributed by atoms with E-state index in [1.54, 1.807) is 16.8 Å². The highest BCUT2D eigenvalue weighted by atomic mass is 32.1. The van der Waals surface area contributed by atoms with Gasteiger partial charge in [0.2, 0.25) is 5.13 Å². The standard InChI is InChI=1S/C18H10N4O2S/c19-9-11-6-7-13-15(8-11)22(18-20-14(10-25-18)17(23)24)21-16(13)12-4-2-1-3-5-12/h1-8,10H,(H,23,24).